The SMILES string of the molecule is Cc1ccc(N(C)S(=O)(=O)c2cccc(C(=O)N(Cc3ccco3)Cc3ccco3)c2)cc1. The molecule has 2 aromatic heterocycles. The molecule has 0 saturated carbocycles. The highest BCUT2D eigenvalue weighted by Crippen LogP contribution is 2.24. The van der Waals surface area contributed by atoms with Crippen LogP contribution >= 0.6 is 0 Å². The first-order chi connectivity index (χ1) is 15.8. The molecule has 0 N–H and O–H groups in total. The molecule has 0 aliphatic carbocycles. The molecular weight excluding hydrogens is 440 g/mol. The highest BCUT2D eigenvalue weighted by Gasteiger charge is 2.24. The molecule has 0 atom stereocenters. The molecule has 0 saturated heterocycles. The number of amides is 1. The van der Waals surface area contributed by atoms with Crippen LogP contribution in [0.3, 0.4) is 0 Å². The number of benzene rings is 2. The molecule has 0 aliphatic rings. The predicted molar refractivity (Wildman–Crippen MR) is 124 cm³/mol. The van der Waals surface area contributed by atoms with Gasteiger partial charge in [-0.1, -0.05) is 23.8 Å². The average molecular weight is 465 g/mol. The number of aryl methyl sites for hydroxylation is 1. The lowest BCUT2D eigenvalue weighted by Gasteiger charge is -2.22. The van der Waals surface area contributed by atoms with Crippen molar-refractivity contribution in [3.63, 3.8) is 0 Å². The van der Waals surface area contributed by atoms with Crippen molar-refractivity contribution in [2.24, 2.45) is 0 Å². The highest BCUT2D eigenvalue weighted by molar-refractivity contribution is 7.92. The van der Waals surface area contributed by atoms with E-state index in [0.717, 1.165) is 5.56 Å². The molecule has 0 unspecified atom stereocenters. The van der Waals surface area contributed by atoms with Gasteiger partial charge >= 0.3 is 0 Å². The number of hydrogen-bond acceptors (Lipinski definition) is 5. The molecule has 2 heterocycles. The molecule has 8 heteroatoms. The molecule has 0 spiro atoms. The van der Waals surface area contributed by atoms with Crippen LogP contribution in [0, 0.1) is 6.92 Å². The second-order valence-corrected chi connectivity index (χ2v) is 9.63. The molecule has 0 fully saturated rings. The minimum atomic E-state index is -3.86. The van der Waals surface area contributed by atoms with Crippen molar-refractivity contribution in [2.75, 3.05) is 11.4 Å². The Morgan fingerprint density at radius 1 is 0.848 bits per heavy atom. The van der Waals surface area contributed by atoms with Crippen molar-refractivity contribution in [1.29, 1.82) is 0 Å². The van der Waals surface area contributed by atoms with Gasteiger partial charge in [0.2, 0.25) is 0 Å². The van der Waals surface area contributed by atoms with Gasteiger partial charge in [0.05, 0.1) is 36.2 Å². The van der Waals surface area contributed by atoms with E-state index in [1.165, 1.54) is 23.5 Å². The van der Waals surface area contributed by atoms with Crippen LogP contribution in [0.5, 0.6) is 0 Å². The minimum absolute atomic E-state index is 0.0346. The number of carbonyl (C=O) groups is 1. The van der Waals surface area contributed by atoms with E-state index >= 15 is 0 Å². The van der Waals surface area contributed by atoms with Gasteiger partial charge in [-0.15, -0.1) is 0 Å². The van der Waals surface area contributed by atoms with Gasteiger partial charge in [-0.05, 0) is 61.5 Å². The molecule has 0 aliphatic heterocycles. The quantitative estimate of drug-likeness (QED) is 0.372. The van der Waals surface area contributed by atoms with E-state index in [0.29, 0.717) is 17.2 Å². The number of sulfonamides is 1. The third kappa shape index (κ3) is 5.01. The lowest BCUT2D eigenvalue weighted by Crippen LogP contribution is -2.30. The Labute approximate surface area is 192 Å². The van der Waals surface area contributed by atoms with Crippen molar-refractivity contribution in [3.05, 3.63) is 108 Å². The number of rotatable bonds is 8. The van der Waals surface area contributed by atoms with Gasteiger partial charge in [0.15, 0.2) is 0 Å². The van der Waals surface area contributed by atoms with Gasteiger partial charge in [-0.25, -0.2) is 8.42 Å². The maximum absolute atomic E-state index is 13.4. The molecule has 1 amide bonds. The zero-order valence-electron chi connectivity index (χ0n) is 18.3. The first kappa shape index (κ1) is 22.4. The number of anilines is 1. The maximum Gasteiger partial charge on any atom is 0.264 e. The van der Waals surface area contributed by atoms with Crippen LogP contribution in [0.25, 0.3) is 0 Å². The normalized spacial score (nSPS) is 11.3. The van der Waals surface area contributed by atoms with Gasteiger partial charge in [0, 0.05) is 12.6 Å². The Balaban J connectivity index is 1.62. The Morgan fingerprint density at radius 2 is 1.45 bits per heavy atom. The summed E-state index contributed by atoms with van der Waals surface area (Å²) in [6.07, 6.45) is 3.08. The number of carbonyl (C=O) groups excluding carboxylic acids is 1. The number of nitrogens with zero attached hydrogens (tertiary/aromatic N) is 2. The predicted octanol–water partition coefficient (Wildman–Crippen LogP) is 4.85. The van der Waals surface area contributed by atoms with Crippen LogP contribution in [-0.4, -0.2) is 26.3 Å². The average Bonchev–Trinajstić information content (AvgIpc) is 3.53. The fraction of sp³-hybridized carbons (Fsp3) is 0.160. The number of furan rings is 2. The molecule has 0 radical (unpaired) electrons. The van der Waals surface area contributed by atoms with Gasteiger partial charge in [-0.3, -0.25) is 9.10 Å². The Bertz CT molecular complexity index is 1280. The van der Waals surface area contributed by atoms with Gasteiger partial charge in [-0.2, -0.15) is 0 Å². The monoisotopic (exact) mass is 464 g/mol. The summed E-state index contributed by atoms with van der Waals surface area (Å²) < 4.78 is 38.5. The van der Waals surface area contributed by atoms with Crippen molar-refractivity contribution in [1.82, 2.24) is 4.90 Å². The van der Waals surface area contributed by atoms with Gasteiger partial charge in [0.1, 0.15) is 11.5 Å². The fourth-order valence-electron chi connectivity index (χ4n) is 3.40. The maximum atomic E-state index is 13.4. The molecule has 170 valence electrons. The Hall–Kier alpha value is -3.78. The Kier molecular flexibility index (Phi) is 6.37. The molecule has 4 aromatic rings. The van der Waals surface area contributed by atoms with E-state index in [-0.39, 0.29) is 29.5 Å². The third-order valence-corrected chi connectivity index (χ3v) is 7.06. The molecule has 7 nitrogen and oxygen atoms in total. The summed E-state index contributed by atoms with van der Waals surface area (Å²) in [5, 5.41) is 0. The smallest absolute Gasteiger partial charge is 0.264 e. The molecule has 33 heavy (non-hydrogen) atoms. The second-order valence-electron chi connectivity index (χ2n) is 7.66. The van der Waals surface area contributed by atoms with Crippen molar-refractivity contribution >= 4 is 21.6 Å². The van der Waals surface area contributed by atoms with E-state index in [1.54, 1.807) is 66.0 Å². The minimum Gasteiger partial charge on any atom is -0.467 e. The van der Waals surface area contributed by atoms with E-state index in [1.807, 2.05) is 19.1 Å². The lowest BCUT2D eigenvalue weighted by molar-refractivity contribution is 0.0704. The summed E-state index contributed by atoms with van der Waals surface area (Å²) >= 11 is 0. The standard InChI is InChI=1S/C25H24N2O5S/c1-19-10-12-21(13-11-19)26(2)33(29,30)24-9-3-6-20(16-24)25(28)27(17-22-7-4-14-31-22)18-23-8-5-15-32-23/h3-16H,17-18H2,1-2H3. The summed E-state index contributed by atoms with van der Waals surface area (Å²) in [4.78, 5) is 15.0. The highest BCUT2D eigenvalue weighted by atomic mass is 32.2. The zero-order valence-corrected chi connectivity index (χ0v) is 19.2. The van der Waals surface area contributed by atoms with Crippen LogP contribution in [0.4, 0.5) is 5.69 Å². The Morgan fingerprint density at radius 3 is 2.00 bits per heavy atom. The summed E-state index contributed by atoms with van der Waals surface area (Å²) in [6, 6.07) is 20.3. The van der Waals surface area contributed by atoms with Crippen molar-refractivity contribution < 1.29 is 22.0 Å². The van der Waals surface area contributed by atoms with Crippen LogP contribution in [-0.2, 0) is 23.1 Å². The van der Waals surface area contributed by atoms with E-state index in [9.17, 15) is 13.2 Å². The summed E-state index contributed by atoms with van der Waals surface area (Å²) in [7, 11) is -2.37. The van der Waals surface area contributed by atoms with Crippen LogP contribution in [0.1, 0.15) is 27.4 Å². The number of hydrogen-bond donors (Lipinski definition) is 0. The second kappa shape index (κ2) is 9.38. The van der Waals surface area contributed by atoms with E-state index in [2.05, 4.69) is 0 Å². The van der Waals surface area contributed by atoms with Crippen molar-refractivity contribution in [3.8, 4) is 0 Å². The molecular formula is C25H24N2O5S. The topological polar surface area (TPSA) is 84.0 Å². The fourth-order valence-corrected chi connectivity index (χ4v) is 4.65. The lowest BCUT2D eigenvalue weighted by atomic mass is 10.2. The first-order valence-corrected chi connectivity index (χ1v) is 11.8. The molecule has 4 rings (SSSR count). The van der Waals surface area contributed by atoms with Crippen LogP contribution in [0.2, 0.25) is 0 Å². The van der Waals surface area contributed by atoms with E-state index in [4.69, 9.17) is 8.83 Å². The first-order valence-electron chi connectivity index (χ1n) is 10.3. The summed E-state index contributed by atoms with van der Waals surface area (Å²) in [5.74, 6) is 0.883. The van der Waals surface area contributed by atoms with Crippen LogP contribution < -0.4 is 4.31 Å². The summed E-state index contributed by atoms with van der Waals surface area (Å²) in [5.41, 5.74) is 1.83. The van der Waals surface area contributed by atoms with Crippen LogP contribution in [0.15, 0.2) is 99.1 Å². The third-order valence-electron chi connectivity index (χ3n) is 5.28. The summed E-state index contributed by atoms with van der Waals surface area (Å²) in [6.45, 7) is 2.37. The van der Waals surface area contributed by atoms with Crippen molar-refractivity contribution in [2.45, 2.75) is 24.9 Å². The zero-order chi connectivity index (χ0) is 23.4. The van der Waals surface area contributed by atoms with Gasteiger partial charge < -0.3 is 13.7 Å². The molecule has 2 aromatic carbocycles. The van der Waals surface area contributed by atoms with E-state index < -0.39 is 10.0 Å². The van der Waals surface area contributed by atoms with Gasteiger partial charge in [0.25, 0.3) is 15.9 Å². The largest absolute Gasteiger partial charge is 0.467 e. The molecule has 0 bridgehead atoms.